The van der Waals surface area contributed by atoms with Gasteiger partial charge in [-0.25, -0.2) is 0 Å². The van der Waals surface area contributed by atoms with Crippen LogP contribution in [0.2, 0.25) is 0 Å². The smallest absolute Gasteiger partial charge is 0.320 e. The SMILES string of the molecule is CN([C@@H](CCC(N)=O)C(=O)O)C(C)(NCc1ccccc1)c1ccccc1. The maximum atomic E-state index is 11.9. The van der Waals surface area contributed by atoms with Gasteiger partial charge < -0.3 is 10.8 Å². The minimum atomic E-state index is -0.984. The molecule has 1 amide bonds. The minimum Gasteiger partial charge on any atom is -0.480 e. The van der Waals surface area contributed by atoms with E-state index in [1.807, 2.05) is 67.6 Å². The molecule has 144 valence electrons. The van der Waals surface area contributed by atoms with Crippen LogP contribution in [0.4, 0.5) is 0 Å². The zero-order chi connectivity index (χ0) is 19.9. The van der Waals surface area contributed by atoms with Crippen LogP contribution >= 0.6 is 0 Å². The number of carbonyl (C=O) groups is 2. The highest BCUT2D eigenvalue weighted by Gasteiger charge is 2.38. The number of amides is 1. The predicted octanol–water partition coefficient (Wildman–Crippen LogP) is 2.30. The van der Waals surface area contributed by atoms with Crippen LogP contribution in [-0.2, 0) is 21.8 Å². The van der Waals surface area contributed by atoms with Crippen molar-refractivity contribution in [1.29, 1.82) is 0 Å². The number of carboxylic acid groups (broad SMARTS) is 1. The first-order valence-electron chi connectivity index (χ1n) is 8.93. The normalized spacial score (nSPS) is 14.5. The van der Waals surface area contributed by atoms with E-state index in [0.29, 0.717) is 6.54 Å². The lowest BCUT2D eigenvalue weighted by Crippen LogP contribution is -2.58. The van der Waals surface area contributed by atoms with Gasteiger partial charge in [0, 0.05) is 13.0 Å². The number of benzene rings is 2. The summed E-state index contributed by atoms with van der Waals surface area (Å²) < 4.78 is 0. The summed E-state index contributed by atoms with van der Waals surface area (Å²) in [6.45, 7) is 2.52. The first-order chi connectivity index (χ1) is 12.8. The summed E-state index contributed by atoms with van der Waals surface area (Å²) in [5.41, 5.74) is 6.51. The lowest BCUT2D eigenvalue weighted by atomic mass is 9.96. The second kappa shape index (κ2) is 9.30. The zero-order valence-electron chi connectivity index (χ0n) is 15.8. The molecule has 6 nitrogen and oxygen atoms in total. The minimum absolute atomic E-state index is 0.0187. The van der Waals surface area contributed by atoms with Gasteiger partial charge in [0.05, 0.1) is 5.66 Å². The highest BCUT2D eigenvalue weighted by molar-refractivity contribution is 5.77. The molecule has 2 rings (SSSR count). The van der Waals surface area contributed by atoms with E-state index in [1.165, 1.54) is 0 Å². The van der Waals surface area contributed by atoms with Gasteiger partial charge in [0.1, 0.15) is 6.04 Å². The van der Waals surface area contributed by atoms with E-state index < -0.39 is 23.6 Å². The molecule has 0 radical (unpaired) electrons. The van der Waals surface area contributed by atoms with Gasteiger partial charge in [-0.3, -0.25) is 19.8 Å². The number of hydrogen-bond donors (Lipinski definition) is 3. The van der Waals surface area contributed by atoms with Crippen molar-refractivity contribution in [1.82, 2.24) is 10.2 Å². The van der Waals surface area contributed by atoms with E-state index in [-0.39, 0.29) is 12.8 Å². The van der Waals surface area contributed by atoms with Gasteiger partial charge in [-0.2, -0.15) is 0 Å². The average Bonchev–Trinajstić information content (AvgIpc) is 2.67. The van der Waals surface area contributed by atoms with Crippen LogP contribution in [-0.4, -0.2) is 35.0 Å². The molecular weight excluding hydrogens is 342 g/mol. The van der Waals surface area contributed by atoms with Crippen molar-refractivity contribution < 1.29 is 14.7 Å². The van der Waals surface area contributed by atoms with Crippen LogP contribution in [0.15, 0.2) is 60.7 Å². The van der Waals surface area contributed by atoms with Crippen molar-refractivity contribution in [3.8, 4) is 0 Å². The number of hydrogen-bond acceptors (Lipinski definition) is 4. The zero-order valence-corrected chi connectivity index (χ0v) is 15.8. The number of nitrogens with zero attached hydrogens (tertiary/aromatic N) is 1. The van der Waals surface area contributed by atoms with Crippen LogP contribution < -0.4 is 11.1 Å². The predicted molar refractivity (Wildman–Crippen MR) is 105 cm³/mol. The number of rotatable bonds is 10. The Bertz CT molecular complexity index is 752. The van der Waals surface area contributed by atoms with Gasteiger partial charge in [-0.1, -0.05) is 60.7 Å². The molecule has 0 saturated carbocycles. The van der Waals surface area contributed by atoms with E-state index in [1.54, 1.807) is 11.9 Å². The molecule has 0 heterocycles. The van der Waals surface area contributed by atoms with E-state index in [4.69, 9.17) is 5.73 Å². The van der Waals surface area contributed by atoms with Crippen LogP contribution in [0.25, 0.3) is 0 Å². The number of carboxylic acids is 1. The van der Waals surface area contributed by atoms with Gasteiger partial charge in [-0.15, -0.1) is 0 Å². The maximum absolute atomic E-state index is 11.9. The Morgan fingerprint density at radius 3 is 2.19 bits per heavy atom. The summed E-state index contributed by atoms with van der Waals surface area (Å²) in [6.07, 6.45) is 0.168. The van der Waals surface area contributed by atoms with Crippen molar-refractivity contribution in [3.63, 3.8) is 0 Å². The van der Waals surface area contributed by atoms with Crippen LogP contribution in [0.1, 0.15) is 30.9 Å². The Hall–Kier alpha value is -2.70. The molecule has 2 aromatic carbocycles. The fourth-order valence-electron chi connectivity index (χ4n) is 3.14. The molecule has 0 aliphatic rings. The van der Waals surface area contributed by atoms with E-state index in [0.717, 1.165) is 11.1 Å². The second-order valence-corrected chi connectivity index (χ2v) is 6.75. The lowest BCUT2D eigenvalue weighted by Gasteiger charge is -2.43. The number of likely N-dealkylation sites (N-methyl/N-ethyl adjacent to an activating group) is 1. The Labute approximate surface area is 160 Å². The average molecular weight is 369 g/mol. The summed E-state index contributed by atoms with van der Waals surface area (Å²) in [4.78, 5) is 24.8. The number of nitrogens with two attached hydrogens (primary N) is 1. The molecule has 27 heavy (non-hydrogen) atoms. The highest BCUT2D eigenvalue weighted by atomic mass is 16.4. The molecule has 2 atom stereocenters. The molecule has 0 spiro atoms. The van der Waals surface area contributed by atoms with Gasteiger partial charge in [0.2, 0.25) is 5.91 Å². The van der Waals surface area contributed by atoms with Crippen molar-refractivity contribution in [3.05, 3.63) is 71.8 Å². The van der Waals surface area contributed by atoms with Crippen LogP contribution in [0, 0.1) is 0 Å². The Morgan fingerprint density at radius 1 is 1.11 bits per heavy atom. The molecule has 6 heteroatoms. The molecule has 0 bridgehead atoms. The number of carbonyl (C=O) groups excluding carboxylic acids is 1. The maximum Gasteiger partial charge on any atom is 0.320 e. The molecule has 1 unspecified atom stereocenters. The number of aliphatic carboxylic acids is 1. The van der Waals surface area contributed by atoms with Gasteiger partial charge in [0.25, 0.3) is 0 Å². The van der Waals surface area contributed by atoms with Crippen molar-refractivity contribution in [2.75, 3.05) is 7.05 Å². The van der Waals surface area contributed by atoms with E-state index in [2.05, 4.69) is 5.32 Å². The molecule has 0 aliphatic carbocycles. The fourth-order valence-corrected chi connectivity index (χ4v) is 3.14. The van der Waals surface area contributed by atoms with Crippen molar-refractivity contribution >= 4 is 11.9 Å². The Morgan fingerprint density at radius 2 is 1.67 bits per heavy atom. The molecular formula is C21H27N3O3. The summed E-state index contributed by atoms with van der Waals surface area (Å²) in [6, 6.07) is 18.7. The van der Waals surface area contributed by atoms with E-state index in [9.17, 15) is 14.7 Å². The first-order valence-corrected chi connectivity index (χ1v) is 8.93. The molecule has 4 N–H and O–H groups in total. The fraction of sp³-hybridized carbons (Fsp3) is 0.333. The molecule has 2 aromatic rings. The second-order valence-electron chi connectivity index (χ2n) is 6.75. The first kappa shape index (κ1) is 20.6. The van der Waals surface area contributed by atoms with Gasteiger partial charge >= 0.3 is 5.97 Å². The quantitative estimate of drug-likeness (QED) is 0.559. The Kier molecular flexibility index (Phi) is 7.10. The molecule has 0 saturated heterocycles. The van der Waals surface area contributed by atoms with Crippen LogP contribution in [0.3, 0.4) is 0 Å². The third-order valence-electron chi connectivity index (χ3n) is 4.94. The van der Waals surface area contributed by atoms with E-state index >= 15 is 0 Å². The number of primary amides is 1. The standard InChI is InChI=1S/C21H27N3O3/c1-21(17-11-7-4-8-12-17,23-15-16-9-5-3-6-10-16)24(2)18(20(26)27)13-14-19(22)25/h3-12,18,23H,13-15H2,1-2H3,(H2,22,25)(H,26,27)/t18-,21?/m0/s1. The molecule has 0 aromatic heterocycles. The largest absolute Gasteiger partial charge is 0.480 e. The third-order valence-corrected chi connectivity index (χ3v) is 4.94. The number of nitrogens with one attached hydrogen (secondary N) is 1. The topological polar surface area (TPSA) is 95.7 Å². The van der Waals surface area contributed by atoms with Gasteiger partial charge in [-0.05, 0) is 31.5 Å². The highest BCUT2D eigenvalue weighted by Crippen LogP contribution is 2.28. The van der Waals surface area contributed by atoms with Crippen LogP contribution in [0.5, 0.6) is 0 Å². The van der Waals surface area contributed by atoms with Gasteiger partial charge in [0.15, 0.2) is 0 Å². The summed E-state index contributed by atoms with van der Waals surface area (Å²) in [5, 5.41) is 13.2. The Balaban J connectivity index is 2.32. The third kappa shape index (κ3) is 5.39. The summed E-state index contributed by atoms with van der Waals surface area (Å²) in [5.74, 6) is -1.49. The molecule has 0 fully saturated rings. The summed E-state index contributed by atoms with van der Waals surface area (Å²) in [7, 11) is 1.75. The summed E-state index contributed by atoms with van der Waals surface area (Å²) >= 11 is 0. The monoisotopic (exact) mass is 369 g/mol. The lowest BCUT2D eigenvalue weighted by molar-refractivity contribution is -0.146. The molecule has 0 aliphatic heterocycles. The van der Waals surface area contributed by atoms with Crippen molar-refractivity contribution in [2.45, 2.75) is 38.0 Å². The van der Waals surface area contributed by atoms with Crippen molar-refractivity contribution in [2.24, 2.45) is 5.73 Å².